The fraction of sp³-hybridized carbons (Fsp3) is 0.647. The maximum absolute atomic E-state index is 6.28. The summed E-state index contributed by atoms with van der Waals surface area (Å²) < 4.78 is 7.30. The molecule has 2 aliphatic rings. The predicted octanol–water partition coefficient (Wildman–Crippen LogP) is 5.83. The van der Waals surface area contributed by atoms with Crippen molar-refractivity contribution >= 4 is 27.5 Å². The van der Waals surface area contributed by atoms with Crippen molar-refractivity contribution in [3.8, 4) is 0 Å². The molecule has 2 saturated carbocycles. The van der Waals surface area contributed by atoms with Gasteiger partial charge in [-0.1, -0.05) is 54.4 Å². The summed E-state index contributed by atoms with van der Waals surface area (Å²) in [7, 11) is 0. The highest BCUT2D eigenvalue weighted by atomic mass is 79.9. The van der Waals surface area contributed by atoms with Crippen molar-refractivity contribution in [2.24, 2.45) is 16.7 Å². The average molecular weight is 358 g/mol. The molecule has 0 heterocycles. The molecule has 2 bridgehead atoms. The number of rotatable bonds is 3. The summed E-state index contributed by atoms with van der Waals surface area (Å²) in [6.45, 7) is 7.87. The Kier molecular flexibility index (Phi) is 3.72. The lowest BCUT2D eigenvalue weighted by Crippen LogP contribution is -2.37. The van der Waals surface area contributed by atoms with Crippen molar-refractivity contribution in [1.82, 2.24) is 0 Å². The molecule has 3 rings (SSSR count). The summed E-state index contributed by atoms with van der Waals surface area (Å²) in [5, 5.41) is 0.784. The third-order valence-electron chi connectivity index (χ3n) is 6.17. The maximum Gasteiger partial charge on any atom is 0.0735 e. The van der Waals surface area contributed by atoms with Gasteiger partial charge in [-0.2, -0.15) is 0 Å². The van der Waals surface area contributed by atoms with Crippen LogP contribution in [0.1, 0.15) is 45.6 Å². The van der Waals surface area contributed by atoms with Crippen LogP contribution in [-0.2, 0) is 11.3 Å². The number of fused-ring (bicyclic) bond motifs is 2. The standard InChI is InChI=1S/C17H22BrClO/c1-16(2)12-6-7-17(16,3)15(8-12)20-10-11-4-5-13(18)9-14(11)19/h4-5,9,12,15H,6-8,10H2,1-3H3. The first kappa shape index (κ1) is 14.9. The third-order valence-corrected chi connectivity index (χ3v) is 7.01. The van der Waals surface area contributed by atoms with Crippen LogP contribution in [0.3, 0.4) is 0 Å². The predicted molar refractivity (Wildman–Crippen MR) is 87.0 cm³/mol. The molecule has 0 radical (unpaired) electrons. The van der Waals surface area contributed by atoms with Crippen LogP contribution in [0.15, 0.2) is 22.7 Å². The van der Waals surface area contributed by atoms with E-state index in [1.807, 2.05) is 18.2 Å². The van der Waals surface area contributed by atoms with Crippen molar-refractivity contribution in [2.45, 2.75) is 52.7 Å². The van der Waals surface area contributed by atoms with E-state index in [1.165, 1.54) is 19.3 Å². The van der Waals surface area contributed by atoms with E-state index in [4.69, 9.17) is 16.3 Å². The largest absolute Gasteiger partial charge is 0.373 e. The monoisotopic (exact) mass is 356 g/mol. The van der Waals surface area contributed by atoms with Gasteiger partial charge >= 0.3 is 0 Å². The van der Waals surface area contributed by atoms with Gasteiger partial charge in [0.2, 0.25) is 0 Å². The van der Waals surface area contributed by atoms with Crippen LogP contribution in [0, 0.1) is 16.7 Å². The molecule has 0 aromatic heterocycles. The Morgan fingerprint density at radius 2 is 2.10 bits per heavy atom. The van der Waals surface area contributed by atoms with Crippen molar-refractivity contribution in [1.29, 1.82) is 0 Å². The molecule has 0 N–H and O–H groups in total. The summed E-state index contributed by atoms with van der Waals surface area (Å²) in [5.74, 6) is 0.817. The zero-order valence-electron chi connectivity index (χ0n) is 12.4. The first-order valence-electron chi connectivity index (χ1n) is 7.40. The van der Waals surface area contributed by atoms with E-state index in [0.29, 0.717) is 23.5 Å². The Balaban J connectivity index is 1.71. The van der Waals surface area contributed by atoms with E-state index in [0.717, 1.165) is 21.0 Å². The highest BCUT2D eigenvalue weighted by Gasteiger charge is 2.61. The molecular weight excluding hydrogens is 336 g/mol. The number of halogens is 2. The van der Waals surface area contributed by atoms with Gasteiger partial charge in [0.05, 0.1) is 12.7 Å². The minimum atomic E-state index is 0.319. The molecule has 1 aromatic rings. The topological polar surface area (TPSA) is 9.23 Å². The van der Waals surface area contributed by atoms with E-state index in [-0.39, 0.29) is 0 Å². The molecule has 0 amide bonds. The van der Waals surface area contributed by atoms with Crippen LogP contribution in [-0.4, -0.2) is 6.10 Å². The quantitative estimate of drug-likeness (QED) is 0.661. The van der Waals surface area contributed by atoms with Crippen LogP contribution in [0.2, 0.25) is 5.02 Å². The first-order valence-corrected chi connectivity index (χ1v) is 8.57. The first-order chi connectivity index (χ1) is 9.34. The second kappa shape index (κ2) is 5.00. The van der Waals surface area contributed by atoms with Gasteiger partial charge in [0.15, 0.2) is 0 Å². The van der Waals surface area contributed by atoms with Crippen molar-refractivity contribution in [3.05, 3.63) is 33.3 Å². The lowest BCUT2D eigenvalue weighted by molar-refractivity contribution is -0.0550. The molecule has 3 unspecified atom stereocenters. The molecule has 1 aromatic carbocycles. The molecule has 3 atom stereocenters. The molecule has 0 aliphatic heterocycles. The zero-order valence-corrected chi connectivity index (χ0v) is 14.7. The van der Waals surface area contributed by atoms with Gasteiger partial charge in [-0.05, 0) is 53.7 Å². The van der Waals surface area contributed by atoms with Gasteiger partial charge < -0.3 is 4.74 Å². The van der Waals surface area contributed by atoms with Gasteiger partial charge in [0.1, 0.15) is 0 Å². The summed E-state index contributed by atoms with van der Waals surface area (Å²) in [5.41, 5.74) is 1.81. The van der Waals surface area contributed by atoms with Crippen LogP contribution in [0.25, 0.3) is 0 Å². The Labute approximate surface area is 135 Å². The third kappa shape index (κ3) is 2.15. The Morgan fingerprint density at radius 3 is 2.65 bits per heavy atom. The highest BCUT2D eigenvalue weighted by molar-refractivity contribution is 9.10. The van der Waals surface area contributed by atoms with Gasteiger partial charge in [0.25, 0.3) is 0 Å². The second-order valence-corrected chi connectivity index (χ2v) is 8.47. The molecule has 3 heteroatoms. The average Bonchev–Trinajstić information content (AvgIpc) is 2.70. The summed E-state index contributed by atoms with van der Waals surface area (Å²) in [4.78, 5) is 0. The van der Waals surface area contributed by atoms with E-state index in [1.54, 1.807) is 0 Å². The molecule has 2 aliphatic carbocycles. The Morgan fingerprint density at radius 1 is 1.35 bits per heavy atom. The molecular formula is C17H22BrClO. The van der Waals surface area contributed by atoms with Gasteiger partial charge in [-0.15, -0.1) is 0 Å². The van der Waals surface area contributed by atoms with Crippen LogP contribution >= 0.6 is 27.5 Å². The van der Waals surface area contributed by atoms with Crippen LogP contribution in [0.5, 0.6) is 0 Å². The Bertz CT molecular complexity index is 528. The zero-order chi connectivity index (χ0) is 14.5. The van der Waals surface area contributed by atoms with Gasteiger partial charge in [0, 0.05) is 9.50 Å². The highest BCUT2D eigenvalue weighted by Crippen LogP contribution is 2.66. The number of hydrogen-bond acceptors (Lipinski definition) is 1. The number of benzene rings is 1. The molecule has 20 heavy (non-hydrogen) atoms. The van der Waals surface area contributed by atoms with Gasteiger partial charge in [-0.25, -0.2) is 0 Å². The molecule has 110 valence electrons. The van der Waals surface area contributed by atoms with Crippen molar-refractivity contribution in [2.75, 3.05) is 0 Å². The SMILES string of the molecule is CC1(C)C2CCC1(C)C(OCc1ccc(Br)cc1Cl)C2. The van der Waals surface area contributed by atoms with Crippen LogP contribution < -0.4 is 0 Å². The van der Waals surface area contributed by atoms with Crippen molar-refractivity contribution < 1.29 is 4.74 Å². The number of ether oxygens (including phenoxy) is 1. The second-order valence-electron chi connectivity index (χ2n) is 7.15. The smallest absolute Gasteiger partial charge is 0.0735 e. The maximum atomic E-state index is 6.28. The summed E-state index contributed by atoms with van der Waals surface area (Å²) in [6.07, 6.45) is 4.24. The van der Waals surface area contributed by atoms with Gasteiger partial charge in [-0.3, -0.25) is 0 Å². The van der Waals surface area contributed by atoms with Crippen LogP contribution in [0.4, 0.5) is 0 Å². The van der Waals surface area contributed by atoms with E-state index >= 15 is 0 Å². The molecule has 0 spiro atoms. The summed E-state index contributed by atoms with van der Waals surface area (Å²) >= 11 is 9.71. The fourth-order valence-electron chi connectivity index (χ4n) is 4.21. The minimum Gasteiger partial charge on any atom is -0.373 e. The minimum absolute atomic E-state index is 0.319. The van der Waals surface area contributed by atoms with E-state index in [9.17, 15) is 0 Å². The summed E-state index contributed by atoms with van der Waals surface area (Å²) in [6, 6.07) is 6.01. The number of hydrogen-bond donors (Lipinski definition) is 0. The fourth-order valence-corrected chi connectivity index (χ4v) is 4.94. The molecule has 0 saturated heterocycles. The molecule has 1 nitrogen and oxygen atoms in total. The van der Waals surface area contributed by atoms with E-state index in [2.05, 4.69) is 36.7 Å². The lowest BCUT2D eigenvalue weighted by Gasteiger charge is -2.39. The Hall–Kier alpha value is -0.0500. The molecule has 2 fully saturated rings. The van der Waals surface area contributed by atoms with E-state index < -0.39 is 0 Å². The normalized spacial score (nSPS) is 34.6. The van der Waals surface area contributed by atoms with Crippen molar-refractivity contribution in [3.63, 3.8) is 0 Å². The lowest BCUT2D eigenvalue weighted by atomic mass is 9.70.